The van der Waals surface area contributed by atoms with Crippen molar-refractivity contribution in [1.82, 2.24) is 10.2 Å². The summed E-state index contributed by atoms with van der Waals surface area (Å²) >= 11 is 0. The fraction of sp³-hybridized carbons (Fsp3) is 0.684. The lowest BCUT2D eigenvalue weighted by molar-refractivity contribution is 0.211. The molecule has 2 heteroatoms. The Balaban J connectivity index is 2.54. The van der Waals surface area contributed by atoms with Gasteiger partial charge in [0.1, 0.15) is 0 Å². The van der Waals surface area contributed by atoms with E-state index in [9.17, 15) is 0 Å². The topological polar surface area (TPSA) is 15.3 Å². The molecule has 0 atom stereocenters. The number of rotatable bonds is 10. The van der Waals surface area contributed by atoms with E-state index >= 15 is 0 Å². The second kappa shape index (κ2) is 9.97. The van der Waals surface area contributed by atoms with Crippen LogP contribution < -0.4 is 5.32 Å². The molecule has 1 rings (SSSR count). The van der Waals surface area contributed by atoms with Gasteiger partial charge < -0.3 is 5.32 Å². The van der Waals surface area contributed by atoms with Crippen LogP contribution in [0.25, 0.3) is 0 Å². The van der Waals surface area contributed by atoms with Crippen molar-refractivity contribution in [3.8, 4) is 0 Å². The zero-order valence-corrected chi connectivity index (χ0v) is 14.7. The van der Waals surface area contributed by atoms with Crippen LogP contribution in [-0.4, -0.2) is 24.5 Å². The SMILES string of the molecule is CCCNCc1ccc(CN(CC(C)C)CC(C)C)cc1. The molecule has 0 aromatic heterocycles. The molecule has 120 valence electrons. The Morgan fingerprint density at radius 3 is 1.90 bits per heavy atom. The van der Waals surface area contributed by atoms with Crippen LogP contribution in [0.2, 0.25) is 0 Å². The van der Waals surface area contributed by atoms with Gasteiger partial charge in [-0.2, -0.15) is 0 Å². The number of nitrogens with one attached hydrogen (secondary N) is 1. The molecule has 2 nitrogen and oxygen atoms in total. The minimum absolute atomic E-state index is 0.723. The lowest BCUT2D eigenvalue weighted by atomic mass is 10.1. The first-order valence-electron chi connectivity index (χ1n) is 8.52. The van der Waals surface area contributed by atoms with Gasteiger partial charge in [-0.1, -0.05) is 58.9 Å². The summed E-state index contributed by atoms with van der Waals surface area (Å²) in [6.45, 7) is 16.9. The average Bonchev–Trinajstić information content (AvgIpc) is 2.39. The third-order valence-electron chi connectivity index (χ3n) is 3.43. The lowest BCUT2D eigenvalue weighted by Crippen LogP contribution is -2.30. The number of nitrogens with zero attached hydrogens (tertiary/aromatic N) is 1. The van der Waals surface area contributed by atoms with Gasteiger partial charge in [0.05, 0.1) is 0 Å². The van der Waals surface area contributed by atoms with E-state index in [2.05, 4.69) is 69.1 Å². The minimum Gasteiger partial charge on any atom is -0.313 e. The lowest BCUT2D eigenvalue weighted by Gasteiger charge is -2.26. The maximum Gasteiger partial charge on any atom is 0.0233 e. The van der Waals surface area contributed by atoms with Crippen molar-refractivity contribution in [2.24, 2.45) is 11.8 Å². The van der Waals surface area contributed by atoms with E-state index in [1.54, 1.807) is 0 Å². The highest BCUT2D eigenvalue weighted by atomic mass is 15.1. The molecule has 0 saturated carbocycles. The summed E-state index contributed by atoms with van der Waals surface area (Å²) in [7, 11) is 0. The van der Waals surface area contributed by atoms with E-state index in [1.165, 1.54) is 30.6 Å². The number of hydrogen-bond donors (Lipinski definition) is 1. The van der Waals surface area contributed by atoms with Crippen LogP contribution in [-0.2, 0) is 13.1 Å². The van der Waals surface area contributed by atoms with Gasteiger partial charge >= 0.3 is 0 Å². The molecule has 0 amide bonds. The van der Waals surface area contributed by atoms with Crippen molar-refractivity contribution in [1.29, 1.82) is 0 Å². The minimum atomic E-state index is 0.723. The molecule has 1 aromatic rings. The van der Waals surface area contributed by atoms with Crippen LogP contribution in [0.4, 0.5) is 0 Å². The van der Waals surface area contributed by atoms with Gasteiger partial charge in [-0.3, -0.25) is 4.90 Å². The molecule has 0 saturated heterocycles. The van der Waals surface area contributed by atoms with Crippen LogP contribution in [0.1, 0.15) is 52.2 Å². The molecule has 0 fully saturated rings. The van der Waals surface area contributed by atoms with Crippen LogP contribution in [0.3, 0.4) is 0 Å². The summed E-state index contributed by atoms with van der Waals surface area (Å²) in [6.07, 6.45) is 1.19. The van der Waals surface area contributed by atoms with Crippen molar-refractivity contribution in [2.45, 2.75) is 54.1 Å². The van der Waals surface area contributed by atoms with Gasteiger partial charge in [0.25, 0.3) is 0 Å². The van der Waals surface area contributed by atoms with Gasteiger partial charge in [-0.05, 0) is 35.9 Å². The summed E-state index contributed by atoms with van der Waals surface area (Å²) in [5.74, 6) is 1.45. The predicted molar refractivity (Wildman–Crippen MR) is 93.4 cm³/mol. The van der Waals surface area contributed by atoms with E-state index < -0.39 is 0 Å². The highest BCUT2D eigenvalue weighted by Crippen LogP contribution is 2.11. The molecule has 0 radical (unpaired) electrons. The van der Waals surface area contributed by atoms with Gasteiger partial charge in [-0.25, -0.2) is 0 Å². The Kier molecular flexibility index (Phi) is 8.63. The second-order valence-electron chi connectivity index (χ2n) is 6.98. The van der Waals surface area contributed by atoms with E-state index in [1.807, 2.05) is 0 Å². The maximum atomic E-state index is 3.45. The normalized spacial score (nSPS) is 11.8. The van der Waals surface area contributed by atoms with Crippen molar-refractivity contribution in [3.05, 3.63) is 35.4 Å². The van der Waals surface area contributed by atoms with Crippen molar-refractivity contribution in [3.63, 3.8) is 0 Å². The second-order valence-corrected chi connectivity index (χ2v) is 6.98. The van der Waals surface area contributed by atoms with Gasteiger partial charge in [0.15, 0.2) is 0 Å². The van der Waals surface area contributed by atoms with E-state index in [-0.39, 0.29) is 0 Å². The highest BCUT2D eigenvalue weighted by molar-refractivity contribution is 5.22. The van der Waals surface area contributed by atoms with Gasteiger partial charge in [0, 0.05) is 26.2 Å². The highest BCUT2D eigenvalue weighted by Gasteiger charge is 2.10. The number of hydrogen-bond acceptors (Lipinski definition) is 2. The molecular weight excluding hydrogens is 256 g/mol. The van der Waals surface area contributed by atoms with Crippen molar-refractivity contribution < 1.29 is 0 Å². The first kappa shape index (κ1) is 18.2. The molecule has 0 aliphatic carbocycles. The Labute approximate surface area is 131 Å². The Morgan fingerprint density at radius 2 is 1.43 bits per heavy atom. The third-order valence-corrected chi connectivity index (χ3v) is 3.43. The first-order chi connectivity index (χ1) is 10.0. The zero-order chi connectivity index (χ0) is 15.7. The molecule has 21 heavy (non-hydrogen) atoms. The van der Waals surface area contributed by atoms with E-state index in [0.717, 1.165) is 31.5 Å². The number of benzene rings is 1. The molecule has 0 spiro atoms. The van der Waals surface area contributed by atoms with Gasteiger partial charge in [-0.15, -0.1) is 0 Å². The van der Waals surface area contributed by atoms with Crippen molar-refractivity contribution >= 4 is 0 Å². The molecule has 1 N–H and O–H groups in total. The van der Waals surface area contributed by atoms with E-state index in [0.29, 0.717) is 0 Å². The smallest absolute Gasteiger partial charge is 0.0233 e. The third kappa shape index (κ3) is 8.23. The summed E-state index contributed by atoms with van der Waals surface area (Å²) in [5.41, 5.74) is 2.81. The van der Waals surface area contributed by atoms with E-state index in [4.69, 9.17) is 0 Å². The Morgan fingerprint density at radius 1 is 0.905 bits per heavy atom. The zero-order valence-electron chi connectivity index (χ0n) is 14.7. The molecule has 0 aliphatic heterocycles. The van der Waals surface area contributed by atoms with Crippen molar-refractivity contribution in [2.75, 3.05) is 19.6 Å². The van der Waals surface area contributed by atoms with Crippen LogP contribution in [0, 0.1) is 11.8 Å². The maximum absolute atomic E-state index is 3.45. The quantitative estimate of drug-likeness (QED) is 0.646. The molecular formula is C19H34N2. The molecule has 0 bridgehead atoms. The van der Waals surface area contributed by atoms with Gasteiger partial charge in [0.2, 0.25) is 0 Å². The summed E-state index contributed by atoms with van der Waals surface area (Å²) in [5, 5.41) is 3.45. The largest absolute Gasteiger partial charge is 0.313 e. The molecule has 0 heterocycles. The fourth-order valence-electron chi connectivity index (χ4n) is 2.67. The van der Waals surface area contributed by atoms with Crippen LogP contribution in [0.15, 0.2) is 24.3 Å². The Bertz CT molecular complexity index is 358. The van der Waals surface area contributed by atoms with Crippen LogP contribution >= 0.6 is 0 Å². The fourth-order valence-corrected chi connectivity index (χ4v) is 2.67. The molecule has 0 unspecified atom stereocenters. The summed E-state index contributed by atoms with van der Waals surface area (Å²) < 4.78 is 0. The predicted octanol–water partition coefficient (Wildman–Crippen LogP) is 4.30. The van der Waals surface area contributed by atoms with Crippen LogP contribution in [0.5, 0.6) is 0 Å². The average molecular weight is 290 g/mol. The molecule has 1 aromatic carbocycles. The monoisotopic (exact) mass is 290 g/mol. The standard InChI is InChI=1S/C19H34N2/c1-6-11-20-12-18-7-9-19(10-8-18)15-21(13-16(2)3)14-17(4)5/h7-10,16-17,20H,6,11-15H2,1-5H3. The molecule has 0 aliphatic rings. The first-order valence-corrected chi connectivity index (χ1v) is 8.52. The Hall–Kier alpha value is -0.860. The summed E-state index contributed by atoms with van der Waals surface area (Å²) in [6, 6.07) is 9.11. The summed E-state index contributed by atoms with van der Waals surface area (Å²) in [4.78, 5) is 2.58.